The second-order valence-corrected chi connectivity index (χ2v) is 19.6. The molecule has 0 bridgehead atoms. The van der Waals surface area contributed by atoms with Crippen molar-refractivity contribution in [2.45, 2.75) is 82.1 Å². The number of nitrogens with zero attached hydrogens (tertiary/aromatic N) is 3. The number of carbonyl (C=O) groups is 3. The Morgan fingerprint density at radius 2 is 1.64 bits per heavy atom. The summed E-state index contributed by atoms with van der Waals surface area (Å²) in [6.07, 6.45) is 0.694. The summed E-state index contributed by atoms with van der Waals surface area (Å²) >= 11 is 6.58. The molecule has 8 rings (SSSR count). The fourth-order valence-electron chi connectivity index (χ4n) is 9.35. The standard InChI is InChI=1S/C42H43ClFN3O5Si/c1-26-40(53(2,3)44)37(22-39(50)45-24-30-10-5-4-9-29(30)20-33(45)25-48)52-42(26)34-21-31(43)15-18-36(34)46(41(42)51)23-27-12-16-32(17-13-27)47-35-11-7-6-8-28(35)14-19-38(47)49/h4-13,15-18,21,26,33,37,40,48H,14,19-20,22-25H2,1-3H3/t26-,33-,37+,40-,42+/m0/s1. The van der Waals surface area contributed by atoms with Gasteiger partial charge in [0.05, 0.1) is 43.1 Å². The lowest BCUT2D eigenvalue weighted by Gasteiger charge is -2.37. The largest absolute Gasteiger partial charge is 0.394 e. The van der Waals surface area contributed by atoms with Crippen LogP contribution < -0.4 is 9.80 Å². The van der Waals surface area contributed by atoms with E-state index >= 15 is 4.11 Å². The molecule has 8 nitrogen and oxygen atoms in total. The van der Waals surface area contributed by atoms with E-state index in [9.17, 15) is 19.5 Å². The summed E-state index contributed by atoms with van der Waals surface area (Å²) in [7, 11) is -3.54. The van der Waals surface area contributed by atoms with Crippen molar-refractivity contribution >= 4 is 54.8 Å². The molecule has 5 atom stereocenters. The van der Waals surface area contributed by atoms with Gasteiger partial charge in [0.15, 0.2) is 5.60 Å². The number of rotatable bonds is 7. The first-order chi connectivity index (χ1) is 25.4. The van der Waals surface area contributed by atoms with Crippen LogP contribution >= 0.6 is 11.6 Å². The number of carbonyl (C=O) groups excluding carboxylic acids is 3. The fraction of sp³-hybridized carbons (Fsp3) is 0.357. The van der Waals surface area contributed by atoms with Gasteiger partial charge in [-0.2, -0.15) is 0 Å². The molecule has 1 saturated heterocycles. The molecule has 0 aromatic heterocycles. The van der Waals surface area contributed by atoms with Gasteiger partial charge in [0.25, 0.3) is 5.91 Å². The van der Waals surface area contributed by atoms with Gasteiger partial charge in [-0.1, -0.05) is 73.1 Å². The lowest BCUT2D eigenvalue weighted by Crippen LogP contribution is -2.48. The predicted molar refractivity (Wildman–Crippen MR) is 205 cm³/mol. The molecule has 4 aromatic rings. The number of aliphatic hydroxyl groups excluding tert-OH is 1. The van der Waals surface area contributed by atoms with E-state index in [0.717, 1.165) is 33.6 Å². The highest BCUT2D eigenvalue weighted by Crippen LogP contribution is 2.60. The summed E-state index contributed by atoms with van der Waals surface area (Å²) in [5.74, 6) is -1.11. The van der Waals surface area contributed by atoms with Gasteiger partial charge in [-0.25, -0.2) is 0 Å². The highest BCUT2D eigenvalue weighted by Gasteiger charge is 2.67. The molecule has 53 heavy (non-hydrogen) atoms. The molecular weight excluding hydrogens is 709 g/mol. The van der Waals surface area contributed by atoms with Gasteiger partial charge in [0, 0.05) is 40.7 Å². The number of para-hydroxylation sites is 1. The van der Waals surface area contributed by atoms with E-state index in [4.69, 9.17) is 16.3 Å². The van der Waals surface area contributed by atoms with Crippen molar-refractivity contribution in [3.63, 3.8) is 0 Å². The quantitative estimate of drug-likeness (QED) is 0.155. The van der Waals surface area contributed by atoms with Gasteiger partial charge in [-0.3, -0.25) is 19.3 Å². The van der Waals surface area contributed by atoms with E-state index in [1.165, 1.54) is 0 Å². The average molecular weight is 752 g/mol. The van der Waals surface area contributed by atoms with Crippen LogP contribution in [-0.4, -0.2) is 54.9 Å². The van der Waals surface area contributed by atoms with Gasteiger partial charge in [0.1, 0.15) is 0 Å². The third-order valence-electron chi connectivity index (χ3n) is 11.8. The molecule has 274 valence electrons. The van der Waals surface area contributed by atoms with E-state index in [2.05, 4.69) is 0 Å². The Morgan fingerprint density at radius 1 is 0.943 bits per heavy atom. The second kappa shape index (κ2) is 13.5. The molecule has 11 heteroatoms. The summed E-state index contributed by atoms with van der Waals surface area (Å²) in [6, 6.07) is 28.3. The van der Waals surface area contributed by atoms with Crippen molar-refractivity contribution in [1.82, 2.24) is 4.90 Å². The fourth-order valence-corrected chi connectivity index (χ4v) is 12.0. The number of anilines is 3. The minimum absolute atomic E-state index is 0.0326. The van der Waals surface area contributed by atoms with E-state index in [1.54, 1.807) is 46.0 Å². The maximum absolute atomic E-state index is 16.5. The van der Waals surface area contributed by atoms with Crippen LogP contribution in [0.2, 0.25) is 23.7 Å². The second-order valence-electron chi connectivity index (χ2n) is 15.4. The number of aliphatic hydroxyl groups is 1. The Balaban J connectivity index is 1.09. The Labute approximate surface area is 315 Å². The van der Waals surface area contributed by atoms with Gasteiger partial charge < -0.3 is 23.8 Å². The molecular formula is C42H43ClFN3O5Si. The predicted octanol–water partition coefficient (Wildman–Crippen LogP) is 7.61. The Bertz CT molecular complexity index is 2110. The summed E-state index contributed by atoms with van der Waals surface area (Å²) in [5.41, 5.74) is 4.71. The normalized spacial score (nSPS) is 25.1. The van der Waals surface area contributed by atoms with Crippen LogP contribution in [0.25, 0.3) is 0 Å². The number of hydrogen-bond donors (Lipinski definition) is 1. The van der Waals surface area contributed by atoms with Crippen molar-refractivity contribution in [3.05, 3.63) is 124 Å². The molecule has 0 unspecified atom stereocenters. The van der Waals surface area contributed by atoms with Gasteiger partial charge in [-0.15, -0.1) is 0 Å². The average Bonchev–Trinajstić information content (AvgIpc) is 3.56. The lowest BCUT2D eigenvalue weighted by molar-refractivity contribution is -0.151. The zero-order valence-corrected chi connectivity index (χ0v) is 31.9. The summed E-state index contributed by atoms with van der Waals surface area (Å²) in [4.78, 5) is 47.2. The molecule has 1 fully saturated rings. The van der Waals surface area contributed by atoms with Crippen LogP contribution in [-0.2, 0) is 50.7 Å². The minimum Gasteiger partial charge on any atom is -0.394 e. The molecule has 0 aliphatic carbocycles. The third-order valence-corrected chi connectivity index (χ3v) is 14.5. The number of aryl methyl sites for hydroxylation is 1. The van der Waals surface area contributed by atoms with Gasteiger partial charge >= 0.3 is 0 Å². The van der Waals surface area contributed by atoms with Gasteiger partial charge in [-0.05, 0) is 84.6 Å². The van der Waals surface area contributed by atoms with Crippen molar-refractivity contribution in [2.75, 3.05) is 16.4 Å². The first-order valence-corrected chi connectivity index (χ1v) is 21.7. The maximum atomic E-state index is 16.5. The van der Waals surface area contributed by atoms with Crippen molar-refractivity contribution in [2.24, 2.45) is 5.92 Å². The van der Waals surface area contributed by atoms with E-state index in [-0.39, 0.29) is 37.3 Å². The molecule has 0 saturated carbocycles. The molecule has 4 heterocycles. The smallest absolute Gasteiger partial charge is 0.264 e. The first kappa shape index (κ1) is 35.7. The van der Waals surface area contributed by atoms with Crippen molar-refractivity contribution in [3.8, 4) is 0 Å². The van der Waals surface area contributed by atoms with E-state index < -0.39 is 37.6 Å². The molecule has 4 aliphatic rings. The highest BCUT2D eigenvalue weighted by molar-refractivity contribution is 6.72. The Kier molecular flexibility index (Phi) is 9.08. The minimum atomic E-state index is -3.54. The van der Waals surface area contributed by atoms with Crippen LogP contribution in [0.3, 0.4) is 0 Å². The number of benzene rings is 4. The maximum Gasteiger partial charge on any atom is 0.264 e. The zero-order chi connectivity index (χ0) is 37.2. The number of halogens is 2. The van der Waals surface area contributed by atoms with E-state index in [1.807, 2.05) is 79.7 Å². The lowest BCUT2D eigenvalue weighted by atomic mass is 9.82. The molecule has 4 aliphatic heterocycles. The molecule has 0 radical (unpaired) electrons. The number of hydrogen-bond acceptors (Lipinski definition) is 5. The first-order valence-electron chi connectivity index (χ1n) is 18.4. The molecule has 1 N–H and O–H groups in total. The van der Waals surface area contributed by atoms with Gasteiger partial charge in [0.2, 0.25) is 20.2 Å². The molecule has 1 spiro atoms. The third kappa shape index (κ3) is 6.00. The van der Waals surface area contributed by atoms with Crippen LogP contribution in [0.5, 0.6) is 0 Å². The monoisotopic (exact) mass is 751 g/mol. The highest BCUT2D eigenvalue weighted by atomic mass is 35.5. The molecule has 3 amide bonds. The number of fused-ring (bicyclic) bond motifs is 4. The number of ether oxygens (including phenoxy) is 1. The summed E-state index contributed by atoms with van der Waals surface area (Å²) in [5, 5.41) is 10.7. The molecule has 4 aromatic carbocycles. The van der Waals surface area contributed by atoms with Crippen LogP contribution in [0.1, 0.15) is 47.6 Å². The van der Waals surface area contributed by atoms with Crippen LogP contribution in [0, 0.1) is 5.92 Å². The zero-order valence-electron chi connectivity index (χ0n) is 30.1. The Hall–Kier alpha value is -4.35. The van der Waals surface area contributed by atoms with Crippen molar-refractivity contribution in [1.29, 1.82) is 0 Å². The summed E-state index contributed by atoms with van der Waals surface area (Å²) < 4.78 is 23.4. The number of amides is 3. The summed E-state index contributed by atoms with van der Waals surface area (Å²) in [6.45, 7) is 5.46. The van der Waals surface area contributed by atoms with E-state index in [0.29, 0.717) is 42.1 Å². The van der Waals surface area contributed by atoms with Crippen molar-refractivity contribution < 1.29 is 28.3 Å². The van der Waals surface area contributed by atoms with Crippen LogP contribution in [0.4, 0.5) is 21.2 Å². The SMILES string of the molecule is C[C@H]1[C@H]([Si](C)(C)F)[C@@H](CC(=O)N2Cc3ccccc3C[C@H]2CO)O[C@]12C(=O)N(Cc1ccc(N3C(=O)CCc4ccccc43)cc1)c1ccc(Cl)cc12. The topological polar surface area (TPSA) is 90.4 Å². The van der Waals surface area contributed by atoms with Crippen LogP contribution in [0.15, 0.2) is 91.0 Å². The Morgan fingerprint density at radius 3 is 2.36 bits per heavy atom.